The molecule has 1 saturated heterocycles. The number of nitrogens with zero attached hydrogens (tertiary/aromatic N) is 2. The fourth-order valence-electron chi connectivity index (χ4n) is 3.84. The molecule has 3 atom stereocenters. The van der Waals surface area contributed by atoms with Gasteiger partial charge in [0.2, 0.25) is 0 Å². The van der Waals surface area contributed by atoms with Crippen LogP contribution in [0.25, 0.3) is 5.69 Å². The Kier molecular flexibility index (Phi) is 4.29. The number of para-hydroxylation sites is 1. The Morgan fingerprint density at radius 1 is 1.21 bits per heavy atom. The van der Waals surface area contributed by atoms with Gasteiger partial charge in [-0.2, -0.15) is 9.78 Å². The van der Waals surface area contributed by atoms with Crippen molar-refractivity contribution in [1.29, 1.82) is 0 Å². The Morgan fingerprint density at radius 3 is 2.88 bits per heavy atom. The minimum Gasteiger partial charge on any atom is -0.379 e. The van der Waals surface area contributed by atoms with Crippen LogP contribution in [0.5, 0.6) is 0 Å². The average Bonchev–Trinajstić information content (AvgIpc) is 3.10. The van der Waals surface area contributed by atoms with Crippen LogP contribution >= 0.6 is 11.6 Å². The molecule has 4 rings (SSSR count). The van der Waals surface area contributed by atoms with Crippen molar-refractivity contribution in [3.63, 3.8) is 0 Å². The molecule has 3 unspecified atom stereocenters. The third-order valence-corrected chi connectivity index (χ3v) is 5.41. The van der Waals surface area contributed by atoms with Crippen molar-refractivity contribution in [3.05, 3.63) is 51.9 Å². The van der Waals surface area contributed by atoms with E-state index in [4.69, 9.17) is 16.3 Å². The molecule has 2 heterocycles. The van der Waals surface area contributed by atoms with Crippen LogP contribution in [-0.2, 0) is 4.74 Å². The molecule has 2 aliphatic rings. The SMILES string of the molecule is O=c1c(Cl)c(NC2CCCC3OCCC23)cnn1-c1ccccc1. The fraction of sp³-hybridized carbons (Fsp3) is 0.444. The number of nitrogens with one attached hydrogen (secondary N) is 1. The van der Waals surface area contributed by atoms with Crippen LogP contribution in [0.2, 0.25) is 5.02 Å². The van der Waals surface area contributed by atoms with E-state index < -0.39 is 0 Å². The Hall–Kier alpha value is -1.85. The lowest BCUT2D eigenvalue weighted by Gasteiger charge is -2.33. The molecule has 5 nitrogen and oxygen atoms in total. The second-order valence-corrected chi connectivity index (χ2v) is 6.85. The number of aromatic nitrogens is 2. The molecule has 2 aromatic rings. The first-order valence-electron chi connectivity index (χ1n) is 8.45. The average molecular weight is 346 g/mol. The molecule has 0 spiro atoms. The summed E-state index contributed by atoms with van der Waals surface area (Å²) in [5, 5.41) is 7.93. The van der Waals surface area contributed by atoms with E-state index >= 15 is 0 Å². The van der Waals surface area contributed by atoms with Gasteiger partial charge in [-0.15, -0.1) is 0 Å². The molecule has 1 aliphatic carbocycles. The molecule has 0 radical (unpaired) electrons. The molecule has 126 valence electrons. The van der Waals surface area contributed by atoms with Crippen LogP contribution in [0.4, 0.5) is 5.69 Å². The predicted octanol–water partition coefficient (Wildman–Crippen LogP) is 3.26. The molecule has 1 aromatic carbocycles. The quantitative estimate of drug-likeness (QED) is 0.927. The van der Waals surface area contributed by atoms with Crippen molar-refractivity contribution in [2.75, 3.05) is 11.9 Å². The van der Waals surface area contributed by atoms with Gasteiger partial charge in [-0.05, 0) is 37.8 Å². The van der Waals surface area contributed by atoms with E-state index in [1.165, 1.54) is 4.68 Å². The second kappa shape index (κ2) is 6.57. The van der Waals surface area contributed by atoms with Crippen LogP contribution < -0.4 is 10.9 Å². The van der Waals surface area contributed by atoms with E-state index in [1.807, 2.05) is 30.3 Å². The van der Waals surface area contributed by atoms with Gasteiger partial charge in [0.25, 0.3) is 5.56 Å². The largest absolute Gasteiger partial charge is 0.379 e. The number of anilines is 1. The van der Waals surface area contributed by atoms with Crippen molar-refractivity contribution < 1.29 is 4.74 Å². The van der Waals surface area contributed by atoms with E-state index in [0.29, 0.717) is 23.4 Å². The first-order valence-corrected chi connectivity index (χ1v) is 8.83. The molecule has 1 N–H and O–H groups in total. The van der Waals surface area contributed by atoms with Gasteiger partial charge >= 0.3 is 0 Å². The molecule has 0 amide bonds. The van der Waals surface area contributed by atoms with Crippen LogP contribution in [0.15, 0.2) is 41.3 Å². The maximum absolute atomic E-state index is 12.6. The standard InChI is InChI=1S/C18H20ClN3O2/c19-17-15(21-14-7-4-8-16-13(14)9-10-24-16)11-20-22(18(17)23)12-5-2-1-3-6-12/h1-3,5-6,11,13-14,16,21H,4,7-10H2. The van der Waals surface area contributed by atoms with Crippen LogP contribution in [0.1, 0.15) is 25.7 Å². The number of halogens is 1. The summed E-state index contributed by atoms with van der Waals surface area (Å²) in [5.41, 5.74) is 1.02. The van der Waals surface area contributed by atoms with Crippen LogP contribution in [0.3, 0.4) is 0 Å². The van der Waals surface area contributed by atoms with Gasteiger partial charge in [0.05, 0.1) is 23.7 Å². The Labute approximate surface area is 145 Å². The Balaban J connectivity index is 1.60. The van der Waals surface area contributed by atoms with Gasteiger partial charge in [-0.3, -0.25) is 4.79 Å². The summed E-state index contributed by atoms with van der Waals surface area (Å²) in [6.45, 7) is 0.828. The van der Waals surface area contributed by atoms with E-state index in [2.05, 4.69) is 10.4 Å². The minimum atomic E-state index is -0.303. The lowest BCUT2D eigenvalue weighted by Crippen LogP contribution is -2.38. The molecule has 24 heavy (non-hydrogen) atoms. The topological polar surface area (TPSA) is 56.1 Å². The highest BCUT2D eigenvalue weighted by Crippen LogP contribution is 2.36. The van der Waals surface area contributed by atoms with Gasteiger partial charge in [0.15, 0.2) is 0 Å². The number of fused-ring (bicyclic) bond motifs is 1. The third-order valence-electron chi connectivity index (χ3n) is 5.04. The Morgan fingerprint density at radius 2 is 2.04 bits per heavy atom. The first-order chi connectivity index (χ1) is 11.7. The van der Waals surface area contributed by atoms with Crippen LogP contribution in [-0.4, -0.2) is 28.5 Å². The van der Waals surface area contributed by atoms with Crippen molar-refractivity contribution in [2.45, 2.75) is 37.8 Å². The van der Waals surface area contributed by atoms with E-state index in [1.54, 1.807) is 6.20 Å². The normalized spacial score (nSPS) is 26.1. The lowest BCUT2D eigenvalue weighted by atomic mass is 9.82. The van der Waals surface area contributed by atoms with E-state index in [0.717, 1.165) is 32.3 Å². The zero-order valence-electron chi connectivity index (χ0n) is 13.3. The van der Waals surface area contributed by atoms with Crippen LogP contribution in [0, 0.1) is 5.92 Å². The molecule has 6 heteroatoms. The van der Waals surface area contributed by atoms with Gasteiger partial charge in [-0.1, -0.05) is 29.8 Å². The van der Waals surface area contributed by atoms with Gasteiger partial charge in [0.1, 0.15) is 5.02 Å². The fourth-order valence-corrected chi connectivity index (χ4v) is 4.02. The highest BCUT2D eigenvalue weighted by atomic mass is 35.5. The number of ether oxygens (including phenoxy) is 1. The van der Waals surface area contributed by atoms with Gasteiger partial charge in [0, 0.05) is 18.6 Å². The molecule has 0 bridgehead atoms. The summed E-state index contributed by atoms with van der Waals surface area (Å²) >= 11 is 6.34. The molecule has 1 aliphatic heterocycles. The summed E-state index contributed by atoms with van der Waals surface area (Å²) in [5.74, 6) is 0.492. The summed E-state index contributed by atoms with van der Waals surface area (Å²) in [7, 11) is 0. The summed E-state index contributed by atoms with van der Waals surface area (Å²) in [6.07, 6.45) is 6.38. The van der Waals surface area contributed by atoms with Gasteiger partial charge in [-0.25, -0.2) is 0 Å². The zero-order chi connectivity index (χ0) is 16.5. The molecule has 2 fully saturated rings. The highest BCUT2D eigenvalue weighted by Gasteiger charge is 2.37. The molecular formula is C18H20ClN3O2. The number of benzene rings is 1. The van der Waals surface area contributed by atoms with Gasteiger partial charge < -0.3 is 10.1 Å². The Bertz CT molecular complexity index is 778. The first kappa shape index (κ1) is 15.7. The summed E-state index contributed by atoms with van der Waals surface area (Å²) < 4.78 is 7.13. The number of hydrogen-bond donors (Lipinski definition) is 1. The van der Waals surface area contributed by atoms with Crippen molar-refractivity contribution >= 4 is 17.3 Å². The highest BCUT2D eigenvalue weighted by molar-refractivity contribution is 6.33. The second-order valence-electron chi connectivity index (χ2n) is 6.47. The van der Waals surface area contributed by atoms with Crippen molar-refractivity contribution in [3.8, 4) is 5.69 Å². The zero-order valence-corrected chi connectivity index (χ0v) is 14.1. The third kappa shape index (κ3) is 2.82. The number of rotatable bonds is 3. The molecule has 1 aromatic heterocycles. The summed E-state index contributed by atoms with van der Waals surface area (Å²) in [6, 6.07) is 9.59. The maximum Gasteiger partial charge on any atom is 0.292 e. The van der Waals surface area contributed by atoms with E-state index in [9.17, 15) is 4.79 Å². The minimum absolute atomic E-state index is 0.190. The molecule has 1 saturated carbocycles. The predicted molar refractivity (Wildman–Crippen MR) is 94.0 cm³/mol. The maximum atomic E-state index is 12.6. The molecular weight excluding hydrogens is 326 g/mol. The van der Waals surface area contributed by atoms with Crippen molar-refractivity contribution in [1.82, 2.24) is 9.78 Å². The summed E-state index contributed by atoms with van der Waals surface area (Å²) in [4.78, 5) is 12.6. The van der Waals surface area contributed by atoms with E-state index in [-0.39, 0.29) is 16.6 Å². The smallest absolute Gasteiger partial charge is 0.292 e. The number of hydrogen-bond acceptors (Lipinski definition) is 4. The van der Waals surface area contributed by atoms with Crippen molar-refractivity contribution in [2.24, 2.45) is 5.92 Å². The monoisotopic (exact) mass is 345 g/mol. The lowest BCUT2D eigenvalue weighted by molar-refractivity contribution is 0.0620.